The van der Waals surface area contributed by atoms with E-state index in [0.717, 1.165) is 72.3 Å². The summed E-state index contributed by atoms with van der Waals surface area (Å²) in [5.41, 5.74) is 3.95. The number of nitrogens with zero attached hydrogens (tertiary/aromatic N) is 8. The Kier molecular flexibility index (Phi) is 21.2. The van der Waals surface area contributed by atoms with E-state index in [1.165, 1.54) is 0 Å². The Morgan fingerprint density at radius 2 is 0.500 bits per heavy atom. The molecule has 0 aromatic heterocycles. The first kappa shape index (κ1) is 45.0. The Morgan fingerprint density at radius 1 is 0.321 bits per heavy atom. The zero-order valence-corrected chi connectivity index (χ0v) is 34.8. The summed E-state index contributed by atoms with van der Waals surface area (Å²) in [4.78, 5) is 27.7. The van der Waals surface area contributed by atoms with Gasteiger partial charge in [0.05, 0.1) is 26.2 Å². The van der Waals surface area contributed by atoms with Crippen LogP contribution < -0.4 is 21.3 Å². The Bertz CT molecular complexity index is 1480. The number of benzene rings is 4. The summed E-state index contributed by atoms with van der Waals surface area (Å²) in [5.74, 6) is 2.98. The molecule has 300 valence electrons. The first-order chi connectivity index (χ1) is 27.1. The van der Waals surface area contributed by atoms with Gasteiger partial charge < -0.3 is 40.9 Å². The van der Waals surface area contributed by atoms with Crippen molar-refractivity contribution in [3.8, 4) is 0 Å². The molecule has 0 saturated carbocycles. The minimum atomic E-state index is 0.686. The predicted octanol–water partition coefficient (Wildman–Crippen LogP) is 6.26. The lowest BCUT2D eigenvalue weighted by molar-refractivity contribution is 0.420. The van der Waals surface area contributed by atoms with Gasteiger partial charge in [0.25, 0.3) is 0 Å². The summed E-state index contributed by atoms with van der Waals surface area (Å²) in [6, 6.07) is 40.3. The summed E-state index contributed by atoms with van der Waals surface area (Å²) in [6.45, 7) is 6.23. The maximum absolute atomic E-state index is 4.81. The van der Waals surface area contributed by atoms with Gasteiger partial charge in [-0.2, -0.15) is 0 Å². The topological polar surface area (TPSA) is 111 Å². The number of amidine groups is 4. The molecule has 4 aromatic carbocycles. The number of rotatable bonds is 16. The molecule has 4 N–H and O–H groups in total. The van der Waals surface area contributed by atoms with Gasteiger partial charge >= 0.3 is 0 Å². The Morgan fingerprint density at radius 3 is 0.661 bits per heavy atom. The zero-order valence-electron chi connectivity index (χ0n) is 34.8. The molecule has 0 atom stereocenters. The Hall–Kier alpha value is -5.40. The number of aliphatic imine (C=N–C) groups is 4. The lowest BCUT2D eigenvalue weighted by atomic mass is 10.3. The quantitative estimate of drug-likeness (QED) is 0.0783. The minimum Gasteiger partial charge on any atom is -0.337 e. The second-order valence-corrected chi connectivity index (χ2v) is 14.1. The van der Waals surface area contributed by atoms with Crippen molar-refractivity contribution in [2.75, 3.05) is 130 Å². The van der Waals surface area contributed by atoms with Gasteiger partial charge in [0, 0.05) is 48.9 Å². The van der Waals surface area contributed by atoms with Gasteiger partial charge in [-0.1, -0.05) is 72.8 Å². The van der Waals surface area contributed by atoms with Crippen molar-refractivity contribution >= 4 is 46.1 Å². The van der Waals surface area contributed by atoms with E-state index in [9.17, 15) is 0 Å². The number of anilines is 4. The molecule has 0 saturated heterocycles. The van der Waals surface area contributed by atoms with Crippen LogP contribution in [0, 0.1) is 0 Å². The van der Waals surface area contributed by atoms with Crippen molar-refractivity contribution < 1.29 is 0 Å². The molecule has 0 aliphatic rings. The maximum atomic E-state index is 4.81. The highest BCUT2D eigenvalue weighted by Gasteiger charge is 2.12. The molecule has 0 aliphatic carbocycles. The average molecular weight is 761 g/mol. The van der Waals surface area contributed by atoms with Gasteiger partial charge in [-0.15, -0.1) is 0 Å². The molecule has 0 radical (unpaired) electrons. The van der Waals surface area contributed by atoms with Crippen LogP contribution in [-0.2, 0) is 0 Å². The number of nitrogens with one attached hydrogen (secondary N) is 4. The van der Waals surface area contributed by atoms with Crippen LogP contribution in [0.2, 0.25) is 0 Å². The van der Waals surface area contributed by atoms with Gasteiger partial charge in [0.15, 0.2) is 23.3 Å². The molecular formula is C44H64N12. The fraction of sp³-hybridized carbons (Fsp3) is 0.364. The van der Waals surface area contributed by atoms with Gasteiger partial charge in [-0.25, -0.2) is 0 Å². The number of hydrogen-bond donors (Lipinski definition) is 4. The predicted molar refractivity (Wildman–Crippen MR) is 244 cm³/mol. The van der Waals surface area contributed by atoms with Crippen LogP contribution in [0.5, 0.6) is 0 Å². The van der Waals surface area contributed by atoms with Crippen molar-refractivity contribution in [1.82, 2.24) is 19.6 Å². The molecule has 0 amide bonds. The zero-order chi connectivity index (χ0) is 40.4. The van der Waals surface area contributed by atoms with Crippen LogP contribution in [0.3, 0.4) is 0 Å². The SMILES string of the molecule is CN(C)CCN=C(Nc1ccccc1)C(=NCCN(C)C)Nc1ccccc1.CN(C)CCN=C(Nc1ccccc1)C(=NCCN(C)C)Nc1ccccc1. The van der Waals surface area contributed by atoms with Crippen molar-refractivity contribution in [2.24, 2.45) is 20.0 Å². The van der Waals surface area contributed by atoms with Crippen LogP contribution in [0.4, 0.5) is 22.7 Å². The molecular weight excluding hydrogens is 697 g/mol. The molecule has 4 aromatic rings. The molecule has 4 rings (SSSR count). The first-order valence-corrected chi connectivity index (χ1v) is 19.1. The van der Waals surface area contributed by atoms with E-state index >= 15 is 0 Å². The van der Waals surface area contributed by atoms with E-state index in [4.69, 9.17) is 20.0 Å². The summed E-state index contributed by atoms with van der Waals surface area (Å²) in [5, 5.41) is 13.7. The molecule has 12 nitrogen and oxygen atoms in total. The van der Waals surface area contributed by atoms with Crippen LogP contribution in [0.15, 0.2) is 141 Å². The van der Waals surface area contributed by atoms with E-state index in [-0.39, 0.29) is 0 Å². The fourth-order valence-corrected chi connectivity index (χ4v) is 4.77. The highest BCUT2D eigenvalue weighted by molar-refractivity contribution is 6.49. The third-order valence-corrected chi connectivity index (χ3v) is 7.86. The maximum Gasteiger partial charge on any atom is 0.169 e. The normalized spacial score (nSPS) is 12.5. The van der Waals surface area contributed by atoms with E-state index in [2.05, 4.69) is 40.9 Å². The molecule has 56 heavy (non-hydrogen) atoms. The second-order valence-electron chi connectivity index (χ2n) is 14.1. The summed E-state index contributed by atoms with van der Waals surface area (Å²) < 4.78 is 0. The number of hydrogen-bond acceptors (Lipinski definition) is 8. The van der Waals surface area contributed by atoms with Gasteiger partial charge in [-0.3, -0.25) is 20.0 Å². The summed E-state index contributed by atoms with van der Waals surface area (Å²) in [7, 11) is 16.4. The highest BCUT2D eigenvalue weighted by Crippen LogP contribution is 2.11. The average Bonchev–Trinajstić information content (AvgIpc) is 3.18. The van der Waals surface area contributed by atoms with Crippen LogP contribution >= 0.6 is 0 Å². The van der Waals surface area contributed by atoms with Crippen LogP contribution in [0.1, 0.15) is 0 Å². The summed E-state index contributed by atoms with van der Waals surface area (Å²) >= 11 is 0. The van der Waals surface area contributed by atoms with Gasteiger partial charge in [0.1, 0.15) is 0 Å². The lowest BCUT2D eigenvalue weighted by Gasteiger charge is -2.16. The standard InChI is InChI=1S/2C22H32N6/c2*1-27(2)17-15-23-21(25-19-11-7-5-8-12-19)22(24-16-18-28(3)4)26-20-13-9-6-10-14-20/h2*5-14H,15-18H2,1-4H3,(H,23,25)(H,24,26). The second kappa shape index (κ2) is 26.4. The van der Waals surface area contributed by atoms with Crippen LogP contribution in [0.25, 0.3) is 0 Å². The van der Waals surface area contributed by atoms with Crippen LogP contribution in [-0.4, -0.2) is 152 Å². The van der Waals surface area contributed by atoms with E-state index in [1.807, 2.05) is 178 Å². The molecule has 0 unspecified atom stereocenters. The first-order valence-electron chi connectivity index (χ1n) is 19.1. The molecule has 0 heterocycles. The smallest absolute Gasteiger partial charge is 0.169 e. The van der Waals surface area contributed by atoms with Crippen molar-refractivity contribution in [3.05, 3.63) is 121 Å². The molecule has 12 heteroatoms. The molecule has 0 spiro atoms. The van der Waals surface area contributed by atoms with Crippen molar-refractivity contribution in [1.29, 1.82) is 0 Å². The molecule has 0 aliphatic heterocycles. The fourth-order valence-electron chi connectivity index (χ4n) is 4.77. The van der Waals surface area contributed by atoms with Crippen molar-refractivity contribution in [2.45, 2.75) is 0 Å². The Balaban J connectivity index is 0.000000300. The molecule has 0 fully saturated rings. The lowest BCUT2D eigenvalue weighted by Crippen LogP contribution is -2.32. The van der Waals surface area contributed by atoms with Gasteiger partial charge in [0.2, 0.25) is 0 Å². The number of likely N-dealkylation sites (N-methyl/N-ethyl adjacent to an activating group) is 4. The van der Waals surface area contributed by atoms with E-state index in [1.54, 1.807) is 0 Å². The van der Waals surface area contributed by atoms with Crippen molar-refractivity contribution in [3.63, 3.8) is 0 Å². The largest absolute Gasteiger partial charge is 0.337 e. The monoisotopic (exact) mass is 761 g/mol. The van der Waals surface area contributed by atoms with E-state index in [0.29, 0.717) is 26.2 Å². The van der Waals surface area contributed by atoms with E-state index < -0.39 is 0 Å². The molecule has 0 bridgehead atoms. The minimum absolute atomic E-state index is 0.686. The van der Waals surface area contributed by atoms with Gasteiger partial charge in [-0.05, 0) is 105 Å². The highest BCUT2D eigenvalue weighted by atomic mass is 15.2. The number of para-hydroxylation sites is 4. The summed E-state index contributed by atoms with van der Waals surface area (Å²) in [6.07, 6.45) is 0. The Labute approximate surface area is 336 Å². The third-order valence-electron chi connectivity index (χ3n) is 7.86. The third kappa shape index (κ3) is 19.8.